The van der Waals surface area contributed by atoms with E-state index in [2.05, 4.69) is 26.3 Å². The maximum absolute atomic E-state index is 14.1. The van der Waals surface area contributed by atoms with Crippen LogP contribution in [0.1, 0.15) is 24.3 Å². The highest BCUT2D eigenvalue weighted by Crippen LogP contribution is 2.37. The molecule has 0 aliphatic heterocycles. The number of carbonyl (C=O) groups is 1. The molecule has 3 aromatic heterocycles. The number of benzene rings is 2. The minimum atomic E-state index is -4.02. The van der Waals surface area contributed by atoms with E-state index in [1.54, 1.807) is 68.4 Å². The summed E-state index contributed by atoms with van der Waals surface area (Å²) >= 11 is 0. The smallest absolute Gasteiger partial charge is 0.269 e. The van der Waals surface area contributed by atoms with E-state index < -0.39 is 21.2 Å². The summed E-state index contributed by atoms with van der Waals surface area (Å²) < 4.78 is 28.1. The van der Waals surface area contributed by atoms with Gasteiger partial charge in [0.25, 0.3) is 5.91 Å². The average Bonchev–Trinajstić information content (AvgIpc) is 3.41. The second-order valence-electron chi connectivity index (χ2n) is 9.72. The highest BCUT2D eigenvalue weighted by Gasteiger charge is 2.28. The van der Waals surface area contributed by atoms with Crippen molar-refractivity contribution in [2.75, 3.05) is 6.54 Å². The van der Waals surface area contributed by atoms with Gasteiger partial charge in [0, 0.05) is 29.4 Å². The van der Waals surface area contributed by atoms with Crippen molar-refractivity contribution in [3.05, 3.63) is 96.8 Å². The Balaban J connectivity index is 1.68. The maximum atomic E-state index is 14.1. The Bertz CT molecular complexity index is 1820. The zero-order valence-corrected chi connectivity index (χ0v) is 22.2. The lowest BCUT2D eigenvalue weighted by Crippen LogP contribution is -2.33. The summed E-state index contributed by atoms with van der Waals surface area (Å²) in [6.45, 7) is 3.58. The second-order valence-corrected chi connectivity index (χ2v) is 11.6. The molecule has 0 bridgehead atoms. The quantitative estimate of drug-likeness (QED) is 0.287. The number of nitrogens with zero attached hydrogens (tertiary/aromatic N) is 3. The van der Waals surface area contributed by atoms with Gasteiger partial charge in [-0.05, 0) is 49.7 Å². The van der Waals surface area contributed by atoms with Gasteiger partial charge < -0.3 is 10.3 Å². The molecule has 8 nitrogen and oxygen atoms in total. The topological polar surface area (TPSA) is 129 Å². The Labute approximate surface area is 226 Å². The molecular formula is C30H25N5O3S. The lowest BCUT2D eigenvalue weighted by atomic mass is 9.96. The van der Waals surface area contributed by atoms with Crippen LogP contribution in [0.5, 0.6) is 0 Å². The van der Waals surface area contributed by atoms with E-state index in [1.165, 1.54) is 6.20 Å². The molecule has 0 atom stereocenters. The van der Waals surface area contributed by atoms with E-state index >= 15 is 0 Å². The SMILES string of the molecule is CC(C)(C#N)CNC(=O)c1cccc(-c2cnc3[nH]c(-c4ccccc4)cc3c2S(=O)(=O)c2ccccc2)n1. The number of nitriles is 1. The third-order valence-electron chi connectivity index (χ3n) is 6.27. The summed E-state index contributed by atoms with van der Waals surface area (Å²) in [5, 5.41) is 12.4. The molecule has 0 fully saturated rings. The van der Waals surface area contributed by atoms with Crippen LogP contribution in [-0.2, 0) is 9.84 Å². The summed E-state index contributed by atoms with van der Waals surface area (Å²) in [7, 11) is -4.02. The number of H-pyrrole nitrogens is 1. The summed E-state index contributed by atoms with van der Waals surface area (Å²) in [6, 6.07) is 26.5. The molecule has 1 amide bonds. The van der Waals surface area contributed by atoms with Gasteiger partial charge in [-0.15, -0.1) is 0 Å². The van der Waals surface area contributed by atoms with Crippen LogP contribution in [0.2, 0.25) is 0 Å². The number of carbonyl (C=O) groups excluding carboxylic acids is 1. The second kappa shape index (κ2) is 10.2. The van der Waals surface area contributed by atoms with Crippen LogP contribution in [0.15, 0.2) is 101 Å². The highest BCUT2D eigenvalue weighted by atomic mass is 32.2. The van der Waals surface area contributed by atoms with Crippen LogP contribution in [0, 0.1) is 16.7 Å². The van der Waals surface area contributed by atoms with Gasteiger partial charge in [0.2, 0.25) is 9.84 Å². The average molecular weight is 536 g/mol. The summed E-state index contributed by atoms with van der Waals surface area (Å²) in [5.41, 5.74) is 1.94. The predicted molar refractivity (Wildman–Crippen MR) is 148 cm³/mol. The van der Waals surface area contributed by atoms with Crippen molar-refractivity contribution in [1.82, 2.24) is 20.3 Å². The molecule has 0 radical (unpaired) electrons. The monoisotopic (exact) mass is 535 g/mol. The molecule has 0 unspecified atom stereocenters. The molecule has 0 spiro atoms. The Kier molecular flexibility index (Phi) is 6.73. The molecule has 194 valence electrons. The first-order valence-electron chi connectivity index (χ1n) is 12.2. The Hall–Kier alpha value is -4.81. The molecule has 0 saturated carbocycles. The molecule has 39 heavy (non-hydrogen) atoms. The van der Waals surface area contributed by atoms with E-state index in [1.807, 2.05) is 30.3 Å². The van der Waals surface area contributed by atoms with Crippen LogP contribution in [-0.4, -0.2) is 35.8 Å². The van der Waals surface area contributed by atoms with Crippen molar-refractivity contribution < 1.29 is 13.2 Å². The Morgan fingerprint density at radius 2 is 1.69 bits per heavy atom. The van der Waals surface area contributed by atoms with Gasteiger partial charge in [-0.2, -0.15) is 5.26 Å². The number of sulfone groups is 1. The fourth-order valence-corrected chi connectivity index (χ4v) is 5.80. The number of nitrogens with one attached hydrogen (secondary N) is 2. The van der Waals surface area contributed by atoms with Gasteiger partial charge in [0.1, 0.15) is 11.3 Å². The largest absolute Gasteiger partial charge is 0.349 e. The molecule has 2 N–H and O–H groups in total. The summed E-state index contributed by atoms with van der Waals surface area (Å²) in [6.07, 6.45) is 1.46. The van der Waals surface area contributed by atoms with Gasteiger partial charge in [0.05, 0.1) is 27.0 Å². The number of fused-ring (bicyclic) bond motifs is 1. The number of hydrogen-bond donors (Lipinski definition) is 2. The first-order valence-corrected chi connectivity index (χ1v) is 13.7. The molecule has 0 saturated heterocycles. The summed E-state index contributed by atoms with van der Waals surface area (Å²) in [5.74, 6) is -0.463. The van der Waals surface area contributed by atoms with Crippen LogP contribution < -0.4 is 5.32 Å². The van der Waals surface area contributed by atoms with Gasteiger partial charge in [-0.3, -0.25) is 4.79 Å². The van der Waals surface area contributed by atoms with Crippen molar-refractivity contribution in [2.24, 2.45) is 5.41 Å². The number of rotatable bonds is 7. The van der Waals surface area contributed by atoms with Gasteiger partial charge in [0.15, 0.2) is 0 Å². The zero-order valence-electron chi connectivity index (χ0n) is 21.3. The zero-order chi connectivity index (χ0) is 27.6. The van der Waals surface area contributed by atoms with E-state index in [-0.39, 0.29) is 33.3 Å². The minimum absolute atomic E-state index is 0.0489. The first kappa shape index (κ1) is 25.8. The number of aromatic amines is 1. The Morgan fingerprint density at radius 3 is 2.38 bits per heavy atom. The van der Waals surface area contributed by atoms with Crippen molar-refractivity contribution in [1.29, 1.82) is 5.26 Å². The number of aromatic nitrogens is 3. The minimum Gasteiger partial charge on any atom is -0.349 e. The fourth-order valence-electron chi connectivity index (χ4n) is 4.16. The van der Waals surface area contributed by atoms with E-state index in [4.69, 9.17) is 0 Å². The molecule has 3 heterocycles. The van der Waals surface area contributed by atoms with Crippen molar-refractivity contribution in [3.8, 4) is 28.6 Å². The molecule has 9 heteroatoms. The van der Waals surface area contributed by atoms with Crippen LogP contribution >= 0.6 is 0 Å². The van der Waals surface area contributed by atoms with Crippen LogP contribution in [0.4, 0.5) is 0 Å². The maximum Gasteiger partial charge on any atom is 0.269 e. The third-order valence-corrected chi connectivity index (χ3v) is 8.14. The summed E-state index contributed by atoms with van der Waals surface area (Å²) in [4.78, 5) is 25.3. The van der Waals surface area contributed by atoms with Gasteiger partial charge in [-0.1, -0.05) is 54.6 Å². The third kappa shape index (κ3) is 5.15. The first-order chi connectivity index (χ1) is 18.7. The molecular weight excluding hydrogens is 510 g/mol. The number of amides is 1. The van der Waals surface area contributed by atoms with Crippen molar-refractivity contribution in [3.63, 3.8) is 0 Å². The van der Waals surface area contributed by atoms with Crippen molar-refractivity contribution >= 4 is 26.8 Å². The van der Waals surface area contributed by atoms with Gasteiger partial charge in [-0.25, -0.2) is 18.4 Å². The molecule has 0 aliphatic rings. The lowest BCUT2D eigenvalue weighted by molar-refractivity contribution is 0.0939. The lowest BCUT2D eigenvalue weighted by Gasteiger charge is -2.16. The van der Waals surface area contributed by atoms with Gasteiger partial charge >= 0.3 is 0 Å². The fraction of sp³-hybridized carbons (Fsp3) is 0.133. The number of pyridine rings is 2. The standard InChI is InChI=1S/C30H25N5O3S/c1-30(2,18-31)19-33-29(36)25-15-9-14-24(34-25)23-17-32-28-22(16-26(35-28)20-10-5-3-6-11-20)27(23)39(37,38)21-12-7-4-8-13-21/h3-17H,19H2,1-2H3,(H,32,35)(H,33,36). The van der Waals surface area contributed by atoms with Crippen LogP contribution in [0.3, 0.4) is 0 Å². The predicted octanol–water partition coefficient (Wildman–Crippen LogP) is 5.40. The number of hydrogen-bond acceptors (Lipinski definition) is 6. The van der Waals surface area contributed by atoms with E-state index in [9.17, 15) is 18.5 Å². The molecule has 0 aliphatic carbocycles. The van der Waals surface area contributed by atoms with E-state index in [0.29, 0.717) is 11.0 Å². The van der Waals surface area contributed by atoms with Crippen molar-refractivity contribution in [2.45, 2.75) is 23.6 Å². The highest BCUT2D eigenvalue weighted by molar-refractivity contribution is 7.91. The van der Waals surface area contributed by atoms with E-state index in [0.717, 1.165) is 11.3 Å². The molecule has 5 rings (SSSR count). The Morgan fingerprint density at radius 1 is 1.00 bits per heavy atom. The van der Waals surface area contributed by atoms with Crippen LogP contribution in [0.25, 0.3) is 33.5 Å². The molecule has 5 aromatic rings. The molecule has 2 aromatic carbocycles. The normalized spacial score (nSPS) is 11.7.